The van der Waals surface area contributed by atoms with Crippen LogP contribution in [0.3, 0.4) is 0 Å². The van der Waals surface area contributed by atoms with Crippen LogP contribution >= 0.6 is 0 Å². The van der Waals surface area contributed by atoms with E-state index < -0.39 is 17.1 Å². The monoisotopic (exact) mass is 714 g/mol. The summed E-state index contributed by atoms with van der Waals surface area (Å²) in [5.41, 5.74) is 4.45. The van der Waals surface area contributed by atoms with Crippen molar-refractivity contribution in [3.8, 4) is 22.6 Å². The van der Waals surface area contributed by atoms with E-state index >= 15 is 0 Å². The van der Waals surface area contributed by atoms with Gasteiger partial charge in [-0.2, -0.15) is 0 Å². The molecule has 280 valence electrons. The molecule has 0 saturated heterocycles. The topological polar surface area (TPSA) is 126 Å². The molecule has 1 fully saturated rings. The lowest BCUT2D eigenvalue weighted by Gasteiger charge is -2.19. The van der Waals surface area contributed by atoms with E-state index in [1.807, 2.05) is 36.4 Å². The van der Waals surface area contributed by atoms with Crippen LogP contribution in [0.25, 0.3) is 11.1 Å². The number of fused-ring (bicyclic) bond motifs is 3. The lowest BCUT2D eigenvalue weighted by Crippen LogP contribution is -2.29. The fraction of sp³-hybridized carbons (Fsp3) is 0.524. The Bertz CT molecular complexity index is 1580. The van der Waals surface area contributed by atoms with Crippen LogP contribution in [0.2, 0.25) is 0 Å². The lowest BCUT2D eigenvalue weighted by molar-refractivity contribution is -0.385. The first-order valence-electron chi connectivity index (χ1n) is 19.2. The van der Waals surface area contributed by atoms with Gasteiger partial charge in [0.1, 0.15) is 12.7 Å². The fourth-order valence-electron chi connectivity index (χ4n) is 7.48. The van der Waals surface area contributed by atoms with Gasteiger partial charge in [-0.3, -0.25) is 14.9 Å². The number of hydrogen-bond acceptors (Lipinski definition) is 8. The van der Waals surface area contributed by atoms with E-state index in [0.29, 0.717) is 6.42 Å². The highest BCUT2D eigenvalue weighted by Crippen LogP contribution is 2.44. The molecule has 1 unspecified atom stereocenters. The van der Waals surface area contributed by atoms with Gasteiger partial charge in [0.15, 0.2) is 11.5 Å². The molecule has 3 aromatic rings. The zero-order valence-corrected chi connectivity index (χ0v) is 30.7. The zero-order valence-electron chi connectivity index (χ0n) is 30.7. The van der Waals surface area contributed by atoms with Crippen LogP contribution in [0, 0.1) is 10.1 Å². The molecule has 2 aliphatic rings. The van der Waals surface area contributed by atoms with Crippen LogP contribution in [0.15, 0.2) is 60.7 Å². The van der Waals surface area contributed by atoms with Crippen LogP contribution in [-0.2, 0) is 14.3 Å². The van der Waals surface area contributed by atoms with Crippen molar-refractivity contribution in [2.75, 3.05) is 20.3 Å². The second-order valence-electron chi connectivity index (χ2n) is 14.0. The number of nitro benzene ring substituents is 1. The molecule has 0 radical (unpaired) electrons. The summed E-state index contributed by atoms with van der Waals surface area (Å²) in [6.07, 6.45) is 15.3. The molecule has 3 aromatic carbocycles. The molecule has 1 saturated carbocycles. The maximum absolute atomic E-state index is 13.0. The second-order valence-corrected chi connectivity index (χ2v) is 14.0. The molecule has 1 atom stereocenters. The number of carbonyl (C=O) groups excluding carboxylic acids is 2. The van der Waals surface area contributed by atoms with Crippen molar-refractivity contribution in [1.82, 2.24) is 5.32 Å². The Labute approximate surface area is 307 Å². The Morgan fingerprint density at radius 1 is 0.827 bits per heavy atom. The molecular formula is C42H54N2O8. The van der Waals surface area contributed by atoms with Crippen molar-refractivity contribution in [2.24, 2.45) is 0 Å². The minimum absolute atomic E-state index is 0.0457. The fourth-order valence-corrected chi connectivity index (χ4v) is 7.48. The van der Waals surface area contributed by atoms with Gasteiger partial charge < -0.3 is 24.3 Å². The Morgan fingerprint density at radius 3 is 1.94 bits per heavy atom. The first kappa shape index (κ1) is 38.6. The number of alkyl carbamates (subject to hydrolysis) is 1. The third-order valence-electron chi connectivity index (χ3n) is 10.3. The highest BCUT2D eigenvalue weighted by Gasteiger charge is 2.30. The standard InChI is InChI=1S/C42H54N2O8/c1-30(43-42(46)51-29-37-34-23-16-14-21-32(34)33-22-15-17-24-35(33)37)36-27-39(49-2)40(28-38(36)44(47)48)50-26-18-25-41(45)52-31-19-12-10-8-6-4-3-5-7-9-11-13-20-31/h14-17,21-24,27-28,30-31,37H,3-13,18-20,25-26,29H2,1-2H3,(H,43,46). The molecule has 10 nitrogen and oxygen atoms in total. The maximum atomic E-state index is 13.0. The summed E-state index contributed by atoms with van der Waals surface area (Å²) in [6.45, 7) is 1.93. The zero-order chi connectivity index (χ0) is 36.7. The summed E-state index contributed by atoms with van der Waals surface area (Å²) < 4.78 is 23.0. The summed E-state index contributed by atoms with van der Waals surface area (Å²) in [5.74, 6) is 0.117. The number of rotatable bonds is 12. The van der Waals surface area contributed by atoms with Crippen molar-refractivity contribution in [3.05, 3.63) is 87.5 Å². The third kappa shape index (κ3) is 10.7. The molecule has 0 aliphatic heterocycles. The van der Waals surface area contributed by atoms with Crippen LogP contribution < -0.4 is 14.8 Å². The van der Waals surface area contributed by atoms with Gasteiger partial charge in [-0.25, -0.2) is 4.79 Å². The Balaban J connectivity index is 1.12. The van der Waals surface area contributed by atoms with Crippen molar-refractivity contribution < 1.29 is 33.5 Å². The smallest absolute Gasteiger partial charge is 0.407 e. The number of benzene rings is 3. The number of hydrogen-bond donors (Lipinski definition) is 1. The number of nitrogens with one attached hydrogen (secondary N) is 1. The van der Waals surface area contributed by atoms with Crippen LogP contribution in [-0.4, -0.2) is 43.4 Å². The summed E-state index contributed by atoms with van der Waals surface area (Å²) in [5, 5.41) is 14.9. The summed E-state index contributed by atoms with van der Waals surface area (Å²) in [6, 6.07) is 18.2. The average molecular weight is 715 g/mol. The average Bonchev–Trinajstić information content (AvgIpc) is 3.47. The second kappa shape index (κ2) is 19.9. The Hall–Kier alpha value is -4.60. The number of carbonyl (C=O) groups is 2. The highest BCUT2D eigenvalue weighted by molar-refractivity contribution is 5.79. The number of amides is 1. The minimum atomic E-state index is -0.765. The molecule has 0 heterocycles. The van der Waals surface area contributed by atoms with Gasteiger partial charge in [0.05, 0.1) is 36.3 Å². The number of nitro groups is 1. The minimum Gasteiger partial charge on any atom is -0.493 e. The van der Waals surface area contributed by atoms with E-state index in [1.165, 1.54) is 77.0 Å². The van der Waals surface area contributed by atoms with E-state index in [1.54, 1.807) is 6.92 Å². The number of esters is 1. The van der Waals surface area contributed by atoms with E-state index in [2.05, 4.69) is 17.4 Å². The highest BCUT2D eigenvalue weighted by atomic mass is 16.6. The van der Waals surface area contributed by atoms with Gasteiger partial charge in [-0.1, -0.05) is 106 Å². The molecule has 5 rings (SSSR count). The van der Waals surface area contributed by atoms with Gasteiger partial charge in [-0.05, 0) is 67.3 Å². The largest absolute Gasteiger partial charge is 0.493 e. The molecule has 1 amide bonds. The predicted molar refractivity (Wildman–Crippen MR) is 201 cm³/mol. The Kier molecular flexibility index (Phi) is 14.8. The van der Waals surface area contributed by atoms with Crippen molar-refractivity contribution in [1.29, 1.82) is 0 Å². The van der Waals surface area contributed by atoms with E-state index in [0.717, 1.165) is 47.9 Å². The molecule has 2 aliphatic carbocycles. The first-order chi connectivity index (χ1) is 25.4. The van der Waals surface area contributed by atoms with Gasteiger partial charge in [-0.15, -0.1) is 0 Å². The van der Waals surface area contributed by atoms with Crippen molar-refractivity contribution >= 4 is 17.7 Å². The molecular weight excluding hydrogens is 660 g/mol. The van der Waals surface area contributed by atoms with E-state index in [9.17, 15) is 19.7 Å². The number of methoxy groups -OCH3 is 1. The normalized spacial score (nSPS) is 16.4. The molecule has 52 heavy (non-hydrogen) atoms. The summed E-state index contributed by atoms with van der Waals surface area (Å²) in [7, 11) is 1.45. The van der Waals surface area contributed by atoms with Crippen LogP contribution in [0.4, 0.5) is 10.5 Å². The van der Waals surface area contributed by atoms with Crippen molar-refractivity contribution in [3.63, 3.8) is 0 Å². The molecule has 0 bridgehead atoms. The molecule has 0 spiro atoms. The SMILES string of the molecule is COc1cc(C(C)NC(=O)OCC2c3ccccc3-c3ccccc32)c([N+](=O)[O-])cc1OCCCC(=O)OC1CCCCCCCCCCCCC1. The quantitative estimate of drug-likeness (QED) is 0.0850. The Morgan fingerprint density at radius 2 is 1.38 bits per heavy atom. The van der Waals surface area contributed by atoms with Crippen LogP contribution in [0.5, 0.6) is 11.5 Å². The first-order valence-corrected chi connectivity index (χ1v) is 19.2. The molecule has 0 aromatic heterocycles. The number of ether oxygens (including phenoxy) is 4. The van der Waals surface area contributed by atoms with E-state index in [-0.39, 0.29) is 60.4 Å². The van der Waals surface area contributed by atoms with Gasteiger partial charge in [0, 0.05) is 12.3 Å². The maximum Gasteiger partial charge on any atom is 0.407 e. The lowest BCUT2D eigenvalue weighted by atomic mass is 9.98. The van der Waals surface area contributed by atoms with Gasteiger partial charge in [0.25, 0.3) is 5.69 Å². The predicted octanol–water partition coefficient (Wildman–Crippen LogP) is 10.4. The van der Waals surface area contributed by atoms with E-state index in [4.69, 9.17) is 18.9 Å². The van der Waals surface area contributed by atoms with Gasteiger partial charge in [0.2, 0.25) is 0 Å². The van der Waals surface area contributed by atoms with Crippen molar-refractivity contribution in [2.45, 2.75) is 121 Å². The number of nitrogens with zero attached hydrogens (tertiary/aromatic N) is 1. The van der Waals surface area contributed by atoms with Gasteiger partial charge >= 0.3 is 12.1 Å². The molecule has 10 heteroatoms. The molecule has 1 N–H and O–H groups in total. The summed E-state index contributed by atoms with van der Waals surface area (Å²) >= 11 is 0. The summed E-state index contributed by atoms with van der Waals surface area (Å²) in [4.78, 5) is 37.4. The van der Waals surface area contributed by atoms with Crippen LogP contribution in [0.1, 0.15) is 132 Å². The third-order valence-corrected chi connectivity index (χ3v) is 10.3.